The number of fused-ring (bicyclic) bond motifs is 1. The van der Waals surface area contributed by atoms with Crippen LogP contribution in [0.2, 0.25) is 0 Å². The lowest BCUT2D eigenvalue weighted by molar-refractivity contribution is -0.180. The Hall–Kier alpha value is -2.17. The van der Waals surface area contributed by atoms with Crippen LogP contribution in [-0.2, 0) is 9.47 Å². The standard InChI is InChI=1S/C18H19NO3/c1-18(17(20-2)21-3)11-15(13-7-6-10-19-12-13)14-8-4-5-9-16(14)22-18/h4-12,17H,1-3H3. The number of hydrogen-bond acceptors (Lipinski definition) is 4. The first-order valence-electron chi connectivity index (χ1n) is 7.15. The third-order valence-corrected chi connectivity index (χ3v) is 3.81. The van der Waals surface area contributed by atoms with E-state index in [1.807, 2.05) is 55.6 Å². The molecule has 0 amide bonds. The van der Waals surface area contributed by atoms with E-state index >= 15 is 0 Å². The maximum Gasteiger partial charge on any atom is 0.200 e. The number of pyridine rings is 1. The normalized spacial score (nSPS) is 20.3. The predicted octanol–water partition coefficient (Wildman–Crippen LogP) is 3.28. The van der Waals surface area contributed by atoms with E-state index in [2.05, 4.69) is 4.98 Å². The number of nitrogens with zero attached hydrogens (tertiary/aromatic N) is 1. The number of ether oxygens (including phenoxy) is 3. The highest BCUT2D eigenvalue weighted by atomic mass is 16.7. The molecule has 0 saturated heterocycles. The summed E-state index contributed by atoms with van der Waals surface area (Å²) in [7, 11) is 3.22. The van der Waals surface area contributed by atoms with Crippen LogP contribution in [0.5, 0.6) is 5.75 Å². The monoisotopic (exact) mass is 297 g/mol. The Balaban J connectivity index is 2.16. The Morgan fingerprint density at radius 3 is 2.55 bits per heavy atom. The van der Waals surface area contributed by atoms with Crippen LogP contribution in [0.4, 0.5) is 0 Å². The molecule has 1 aromatic carbocycles. The lowest BCUT2D eigenvalue weighted by Crippen LogP contribution is -2.47. The van der Waals surface area contributed by atoms with Crippen molar-refractivity contribution in [1.29, 1.82) is 0 Å². The Labute approximate surface area is 130 Å². The van der Waals surface area contributed by atoms with Crippen molar-refractivity contribution in [3.63, 3.8) is 0 Å². The summed E-state index contributed by atoms with van der Waals surface area (Å²) in [6, 6.07) is 11.9. The number of rotatable bonds is 4. The van der Waals surface area contributed by atoms with Gasteiger partial charge in [-0.25, -0.2) is 0 Å². The van der Waals surface area contributed by atoms with E-state index < -0.39 is 11.9 Å². The SMILES string of the molecule is COC(OC)C1(C)C=C(c2cccnc2)c2ccccc2O1. The summed E-state index contributed by atoms with van der Waals surface area (Å²) < 4.78 is 17.0. The number of hydrogen-bond donors (Lipinski definition) is 0. The van der Waals surface area contributed by atoms with Gasteiger partial charge in [-0.2, -0.15) is 0 Å². The van der Waals surface area contributed by atoms with Crippen molar-refractivity contribution < 1.29 is 14.2 Å². The number of methoxy groups -OCH3 is 2. The molecule has 22 heavy (non-hydrogen) atoms. The first-order chi connectivity index (χ1) is 10.7. The summed E-state index contributed by atoms with van der Waals surface area (Å²) in [5.74, 6) is 0.811. The first-order valence-corrected chi connectivity index (χ1v) is 7.15. The highest BCUT2D eigenvalue weighted by Crippen LogP contribution is 2.40. The molecule has 1 aliphatic heterocycles. The maximum absolute atomic E-state index is 6.17. The summed E-state index contributed by atoms with van der Waals surface area (Å²) in [6.07, 6.45) is 5.15. The van der Waals surface area contributed by atoms with Gasteiger partial charge in [0.25, 0.3) is 0 Å². The van der Waals surface area contributed by atoms with Crippen LogP contribution in [0.15, 0.2) is 54.9 Å². The molecular weight excluding hydrogens is 278 g/mol. The van der Waals surface area contributed by atoms with E-state index in [4.69, 9.17) is 14.2 Å². The summed E-state index contributed by atoms with van der Waals surface area (Å²) in [6.45, 7) is 1.96. The molecule has 2 heterocycles. The van der Waals surface area contributed by atoms with Crippen molar-refractivity contribution in [1.82, 2.24) is 4.98 Å². The molecule has 4 heteroatoms. The van der Waals surface area contributed by atoms with Crippen LogP contribution in [0.3, 0.4) is 0 Å². The van der Waals surface area contributed by atoms with Gasteiger partial charge >= 0.3 is 0 Å². The first kappa shape index (κ1) is 14.8. The van der Waals surface area contributed by atoms with Gasteiger partial charge in [0, 0.05) is 37.7 Å². The number of benzene rings is 1. The van der Waals surface area contributed by atoms with E-state index in [0.717, 1.165) is 22.4 Å². The van der Waals surface area contributed by atoms with Crippen molar-refractivity contribution >= 4 is 5.57 Å². The fourth-order valence-corrected chi connectivity index (χ4v) is 2.85. The second-order valence-electron chi connectivity index (χ2n) is 5.39. The van der Waals surface area contributed by atoms with Crippen LogP contribution in [-0.4, -0.2) is 31.1 Å². The smallest absolute Gasteiger partial charge is 0.200 e. The molecule has 0 saturated carbocycles. The van der Waals surface area contributed by atoms with Crippen LogP contribution < -0.4 is 4.74 Å². The zero-order valence-electron chi connectivity index (χ0n) is 12.9. The summed E-state index contributed by atoms with van der Waals surface area (Å²) in [5, 5.41) is 0. The highest BCUT2D eigenvalue weighted by molar-refractivity contribution is 5.84. The van der Waals surface area contributed by atoms with E-state index in [9.17, 15) is 0 Å². The van der Waals surface area contributed by atoms with Gasteiger partial charge in [0.2, 0.25) is 6.29 Å². The Morgan fingerprint density at radius 1 is 1.09 bits per heavy atom. The van der Waals surface area contributed by atoms with E-state index in [-0.39, 0.29) is 0 Å². The molecule has 1 aliphatic rings. The molecule has 0 bridgehead atoms. The zero-order valence-corrected chi connectivity index (χ0v) is 12.9. The molecule has 3 rings (SSSR count). The average molecular weight is 297 g/mol. The van der Waals surface area contributed by atoms with Gasteiger partial charge in [-0.3, -0.25) is 4.98 Å². The molecule has 4 nitrogen and oxygen atoms in total. The topological polar surface area (TPSA) is 40.6 Å². The van der Waals surface area contributed by atoms with Gasteiger partial charge in [0.15, 0.2) is 5.60 Å². The highest BCUT2D eigenvalue weighted by Gasteiger charge is 2.39. The van der Waals surface area contributed by atoms with E-state index in [0.29, 0.717) is 0 Å². The average Bonchev–Trinajstić information content (AvgIpc) is 2.56. The van der Waals surface area contributed by atoms with Gasteiger partial charge in [0.05, 0.1) is 0 Å². The molecule has 1 atom stereocenters. The van der Waals surface area contributed by atoms with E-state index in [1.165, 1.54) is 0 Å². The quantitative estimate of drug-likeness (QED) is 0.812. The fourth-order valence-electron chi connectivity index (χ4n) is 2.85. The molecule has 0 fully saturated rings. The molecule has 114 valence electrons. The van der Waals surface area contributed by atoms with Crippen molar-refractivity contribution in [3.05, 3.63) is 66.0 Å². The summed E-state index contributed by atoms with van der Waals surface area (Å²) in [5.41, 5.74) is 2.43. The van der Waals surface area contributed by atoms with Crippen molar-refractivity contribution in [3.8, 4) is 5.75 Å². The maximum atomic E-state index is 6.17. The van der Waals surface area contributed by atoms with Gasteiger partial charge in [-0.15, -0.1) is 0 Å². The minimum Gasteiger partial charge on any atom is -0.477 e. The largest absolute Gasteiger partial charge is 0.477 e. The predicted molar refractivity (Wildman–Crippen MR) is 84.6 cm³/mol. The van der Waals surface area contributed by atoms with Gasteiger partial charge in [-0.05, 0) is 30.7 Å². The van der Waals surface area contributed by atoms with Gasteiger partial charge in [0.1, 0.15) is 5.75 Å². The molecular formula is C18H19NO3. The third-order valence-electron chi connectivity index (χ3n) is 3.81. The molecule has 0 aliphatic carbocycles. The van der Waals surface area contributed by atoms with Crippen molar-refractivity contribution in [2.24, 2.45) is 0 Å². The summed E-state index contributed by atoms with van der Waals surface area (Å²) >= 11 is 0. The van der Waals surface area contributed by atoms with Crippen LogP contribution in [0, 0.1) is 0 Å². The van der Waals surface area contributed by atoms with Crippen LogP contribution in [0.1, 0.15) is 18.1 Å². The Bertz CT molecular complexity index is 680. The minimum atomic E-state index is -0.719. The van der Waals surface area contributed by atoms with Crippen molar-refractivity contribution in [2.45, 2.75) is 18.8 Å². The molecule has 2 aromatic rings. The minimum absolute atomic E-state index is 0.507. The van der Waals surface area contributed by atoms with E-state index in [1.54, 1.807) is 20.4 Å². The molecule has 0 spiro atoms. The third kappa shape index (κ3) is 2.51. The second-order valence-corrected chi connectivity index (χ2v) is 5.39. The van der Waals surface area contributed by atoms with Crippen molar-refractivity contribution in [2.75, 3.05) is 14.2 Å². The lowest BCUT2D eigenvalue weighted by Gasteiger charge is -2.38. The van der Waals surface area contributed by atoms with Crippen LogP contribution >= 0.6 is 0 Å². The van der Waals surface area contributed by atoms with Crippen LogP contribution in [0.25, 0.3) is 5.57 Å². The number of aromatic nitrogens is 1. The summed E-state index contributed by atoms with van der Waals surface area (Å²) in [4.78, 5) is 4.22. The Kier molecular flexibility index (Phi) is 3.96. The Morgan fingerprint density at radius 2 is 1.86 bits per heavy atom. The zero-order chi connectivity index (χ0) is 15.6. The molecule has 1 aromatic heterocycles. The molecule has 0 radical (unpaired) electrons. The number of para-hydroxylation sites is 1. The fraction of sp³-hybridized carbons (Fsp3) is 0.278. The molecule has 1 unspecified atom stereocenters. The second kappa shape index (κ2) is 5.91. The molecule has 0 N–H and O–H groups in total. The van der Waals surface area contributed by atoms with Gasteiger partial charge in [-0.1, -0.05) is 24.3 Å². The van der Waals surface area contributed by atoms with Gasteiger partial charge < -0.3 is 14.2 Å². The lowest BCUT2D eigenvalue weighted by atomic mass is 9.89.